The predicted octanol–water partition coefficient (Wildman–Crippen LogP) is 5.39. The zero-order chi connectivity index (χ0) is 56.0. The Hall–Kier alpha value is -5.35. The number of amides is 3. The van der Waals surface area contributed by atoms with Crippen molar-refractivity contribution < 1.29 is 80.9 Å². The van der Waals surface area contributed by atoms with Gasteiger partial charge in [-0.3, -0.25) is 34.1 Å². The van der Waals surface area contributed by atoms with Gasteiger partial charge in [-0.2, -0.15) is 0 Å². The fraction of sp³-hybridized carbons (Fsp3) is 0.661. The Morgan fingerprint density at radius 2 is 1.21 bits per heavy atom. The lowest BCUT2D eigenvalue weighted by atomic mass is 9.76. The summed E-state index contributed by atoms with van der Waals surface area (Å²) in [5.41, 5.74) is -0.847. The van der Waals surface area contributed by atoms with Crippen molar-refractivity contribution in [3.05, 3.63) is 71.8 Å². The van der Waals surface area contributed by atoms with E-state index in [4.69, 9.17) is 47.4 Å². The maximum absolute atomic E-state index is 14.4. The normalized spacial score (nSPS) is 36.8. The van der Waals surface area contributed by atoms with Crippen molar-refractivity contribution in [2.24, 2.45) is 29.6 Å². The van der Waals surface area contributed by atoms with E-state index in [1.165, 1.54) is 27.9 Å². The van der Waals surface area contributed by atoms with E-state index in [1.54, 1.807) is 34.6 Å². The van der Waals surface area contributed by atoms with Crippen molar-refractivity contribution in [2.45, 2.75) is 180 Å². The van der Waals surface area contributed by atoms with Crippen LogP contribution in [0.25, 0.3) is 0 Å². The van der Waals surface area contributed by atoms with Gasteiger partial charge in [-0.1, -0.05) is 88.4 Å². The molecule has 5 fully saturated rings. The SMILES string of the molecule is CO[C@H]1C[C@H](O[C@H]2[C@H](C)[C@@H](O[C@@H]3O[C@H](C)C[C@H](N(C)C)[C@H]3OC(C)=O)[C@@H](C)C[C@]3(CO3)C(=O)[C@H](C)[C@@H](OC(C)=O)[C@@H](C)[C@@H](C)OC(=O)[C@@H]2C)O[C@@H](C)[C@@H]1OC(C)=O.O=C1NC(=O)C(c2ccccc2)(c2ccccc2)N1. The molecule has 7 rings (SSSR count). The largest absolute Gasteiger partial charge is 0.462 e. The third-order valence-electron chi connectivity index (χ3n) is 15.5. The molecule has 0 aromatic heterocycles. The third kappa shape index (κ3) is 13.7. The Morgan fingerprint density at radius 3 is 1.71 bits per heavy atom. The van der Waals surface area contributed by atoms with E-state index in [2.05, 4.69) is 10.6 Å². The highest BCUT2D eigenvalue weighted by molar-refractivity contribution is 6.09. The smallest absolute Gasteiger partial charge is 0.322 e. The van der Waals surface area contributed by atoms with Gasteiger partial charge in [0.05, 0.1) is 48.9 Å². The number of methoxy groups -OCH3 is 1. The molecule has 0 saturated carbocycles. The Bertz CT molecular complexity index is 2310. The first-order valence-electron chi connectivity index (χ1n) is 26.3. The van der Waals surface area contributed by atoms with Crippen LogP contribution in [0, 0.1) is 29.6 Å². The summed E-state index contributed by atoms with van der Waals surface area (Å²) >= 11 is 0. The first-order chi connectivity index (χ1) is 35.8. The lowest BCUT2D eigenvalue weighted by molar-refractivity contribution is -0.301. The van der Waals surface area contributed by atoms with Gasteiger partial charge in [-0.05, 0) is 71.7 Å². The minimum absolute atomic E-state index is 0.162. The standard InChI is InChI=1S/C41H67NO15.C15H12N2O2/c1-19-17-41(18-49-41)38(46)23(5)34(53-27(9)43)21(3)25(7)52-39(47)24(6)35(56-32-16-31(48-14)36(26(8)51-32)54-28(10)44)22(4)33(19)57-40-37(55-29(11)45)30(42(12)13)15-20(2)50-40;18-13-15(17-14(19)16-13,11-7-3-1-4-8-11)12-9-5-2-6-10-12/h19-26,30-37,40H,15-18H2,1-14H3;1-10H,(H2,16,17,18,19)/t19-,20+,21-,22+,23+,24+,25+,26-,30-,31-,32-,33-,34-,35-,36-,37+,40-,41-;/m0./s1. The molecule has 1 spiro atoms. The second-order valence-corrected chi connectivity index (χ2v) is 21.4. The fourth-order valence-electron chi connectivity index (χ4n) is 11.3. The molecule has 5 saturated heterocycles. The predicted molar refractivity (Wildman–Crippen MR) is 273 cm³/mol. The van der Waals surface area contributed by atoms with Crippen molar-refractivity contribution in [1.29, 1.82) is 0 Å². The number of benzene rings is 2. The summed E-state index contributed by atoms with van der Waals surface area (Å²) < 4.78 is 61.5. The number of esters is 4. The van der Waals surface area contributed by atoms with Crippen LogP contribution in [0.5, 0.6) is 0 Å². The van der Waals surface area contributed by atoms with E-state index in [1.807, 2.05) is 100 Å². The van der Waals surface area contributed by atoms with Crippen LogP contribution in [-0.2, 0) is 81.7 Å². The Balaban J connectivity index is 0.000000408. The van der Waals surface area contributed by atoms with Crippen molar-refractivity contribution >= 4 is 41.6 Å². The molecular formula is C56H79N3O17. The molecule has 2 aromatic rings. The first kappa shape index (κ1) is 59.9. The van der Waals surface area contributed by atoms with E-state index in [9.17, 15) is 33.6 Å². The highest BCUT2D eigenvalue weighted by Gasteiger charge is 2.58. The molecule has 5 heterocycles. The third-order valence-corrected chi connectivity index (χ3v) is 15.5. The monoisotopic (exact) mass is 1070 g/mol. The molecule has 76 heavy (non-hydrogen) atoms. The van der Waals surface area contributed by atoms with Gasteiger partial charge in [0, 0.05) is 46.1 Å². The molecule has 420 valence electrons. The zero-order valence-corrected chi connectivity index (χ0v) is 46.3. The van der Waals surface area contributed by atoms with Gasteiger partial charge in [0.1, 0.15) is 18.3 Å². The van der Waals surface area contributed by atoms with Gasteiger partial charge in [0.25, 0.3) is 5.91 Å². The van der Waals surface area contributed by atoms with Crippen LogP contribution in [0.2, 0.25) is 0 Å². The van der Waals surface area contributed by atoms with Crippen LogP contribution >= 0.6 is 0 Å². The number of rotatable bonds is 11. The molecule has 5 aliphatic rings. The van der Waals surface area contributed by atoms with Gasteiger partial charge in [0.2, 0.25) is 0 Å². The average Bonchev–Trinajstić information content (AvgIpc) is 4.08. The van der Waals surface area contributed by atoms with Gasteiger partial charge < -0.3 is 57.6 Å². The van der Waals surface area contributed by atoms with Crippen molar-refractivity contribution in [2.75, 3.05) is 27.8 Å². The van der Waals surface area contributed by atoms with Crippen LogP contribution in [0.15, 0.2) is 60.7 Å². The molecular weight excluding hydrogens is 987 g/mol. The van der Waals surface area contributed by atoms with Crippen LogP contribution < -0.4 is 10.6 Å². The molecule has 2 aromatic carbocycles. The van der Waals surface area contributed by atoms with Crippen molar-refractivity contribution in [3.8, 4) is 0 Å². The molecule has 0 radical (unpaired) electrons. The summed E-state index contributed by atoms with van der Waals surface area (Å²) in [7, 11) is 5.31. The van der Waals surface area contributed by atoms with Gasteiger partial charge in [-0.25, -0.2) is 4.79 Å². The molecule has 18 atom stereocenters. The number of nitrogens with zero attached hydrogens (tertiary/aromatic N) is 1. The minimum atomic E-state index is -1.19. The molecule has 2 N–H and O–H groups in total. The number of epoxide rings is 1. The number of nitrogens with one attached hydrogen (secondary N) is 2. The van der Waals surface area contributed by atoms with Crippen LogP contribution in [-0.4, -0.2) is 153 Å². The topological polar surface area (TPSA) is 242 Å². The highest BCUT2D eigenvalue weighted by Crippen LogP contribution is 2.44. The van der Waals surface area contributed by atoms with Crippen LogP contribution in [0.3, 0.4) is 0 Å². The van der Waals surface area contributed by atoms with E-state index >= 15 is 0 Å². The first-order valence-corrected chi connectivity index (χ1v) is 26.3. The van der Waals surface area contributed by atoms with Crippen molar-refractivity contribution in [1.82, 2.24) is 15.5 Å². The van der Waals surface area contributed by atoms with Crippen LogP contribution in [0.4, 0.5) is 4.79 Å². The lowest BCUT2D eigenvalue weighted by Gasteiger charge is -2.46. The minimum Gasteiger partial charge on any atom is -0.462 e. The summed E-state index contributed by atoms with van der Waals surface area (Å²) in [5.74, 6) is -6.04. The summed E-state index contributed by atoms with van der Waals surface area (Å²) in [4.78, 5) is 91.3. The maximum Gasteiger partial charge on any atom is 0.322 e. The summed E-state index contributed by atoms with van der Waals surface area (Å²) in [6.45, 7) is 18.5. The Morgan fingerprint density at radius 1 is 0.658 bits per heavy atom. The second kappa shape index (κ2) is 25.4. The number of urea groups is 1. The highest BCUT2D eigenvalue weighted by atomic mass is 16.7. The van der Waals surface area contributed by atoms with E-state index < -0.39 is 132 Å². The van der Waals surface area contributed by atoms with E-state index in [0.717, 1.165) is 11.1 Å². The molecule has 5 aliphatic heterocycles. The number of carbonyl (C=O) groups excluding carboxylic acids is 7. The van der Waals surface area contributed by atoms with E-state index in [-0.39, 0.29) is 43.3 Å². The quantitative estimate of drug-likeness (QED) is 0.124. The van der Waals surface area contributed by atoms with E-state index in [0.29, 0.717) is 6.42 Å². The fourth-order valence-corrected chi connectivity index (χ4v) is 11.3. The van der Waals surface area contributed by atoms with Crippen molar-refractivity contribution in [3.63, 3.8) is 0 Å². The molecule has 0 bridgehead atoms. The molecule has 3 amide bonds. The van der Waals surface area contributed by atoms with Gasteiger partial charge in [0.15, 0.2) is 41.7 Å². The number of cyclic esters (lactones) is 1. The second-order valence-electron chi connectivity index (χ2n) is 21.4. The van der Waals surface area contributed by atoms with Gasteiger partial charge >= 0.3 is 29.9 Å². The number of Topliss-reactive ketones (excluding diaryl/α,β-unsaturated/α-hetero) is 1. The summed E-state index contributed by atoms with van der Waals surface area (Å²) in [6.07, 6.45) is -7.35. The number of likely N-dealkylation sites (N-methyl/N-ethyl adjacent to an activating group) is 1. The number of hydrogen-bond acceptors (Lipinski definition) is 18. The zero-order valence-electron chi connectivity index (χ0n) is 46.3. The van der Waals surface area contributed by atoms with Gasteiger partial charge in [-0.15, -0.1) is 0 Å². The Kier molecular flexibility index (Phi) is 20.0. The molecule has 20 heteroatoms. The molecule has 0 aliphatic carbocycles. The van der Waals surface area contributed by atoms with Crippen LogP contribution in [0.1, 0.15) is 107 Å². The summed E-state index contributed by atoms with van der Waals surface area (Å²) in [5, 5.41) is 5.07. The molecule has 0 unspecified atom stereocenters. The number of imide groups is 1. The lowest BCUT2D eigenvalue weighted by Crippen LogP contribution is -2.58. The maximum atomic E-state index is 14.4. The number of carbonyl (C=O) groups is 7. The average molecular weight is 1070 g/mol. The Labute approximate surface area is 446 Å². The number of ether oxygens (including phenoxy) is 10. The number of ketones is 1. The molecule has 20 nitrogen and oxygen atoms in total. The number of hydrogen-bond donors (Lipinski definition) is 2. The summed E-state index contributed by atoms with van der Waals surface area (Å²) in [6, 6.07) is 17.7.